The monoisotopic (exact) mass is 326 g/mol. The number of carbonyl (C=O) groups is 1. The SMILES string of the molecule is O=C(Nc1cccc(O)c1)[C@@H]1CC[C@H](CO)N1Cc1ccccc1. The van der Waals surface area contributed by atoms with Crippen LogP contribution in [0.15, 0.2) is 54.6 Å². The maximum Gasteiger partial charge on any atom is 0.241 e. The molecular weight excluding hydrogens is 304 g/mol. The number of benzene rings is 2. The highest BCUT2D eigenvalue weighted by Gasteiger charge is 2.37. The number of carbonyl (C=O) groups excluding carboxylic acids is 1. The number of hydrogen-bond acceptors (Lipinski definition) is 4. The Bertz CT molecular complexity index is 690. The van der Waals surface area contributed by atoms with E-state index >= 15 is 0 Å². The van der Waals surface area contributed by atoms with Crippen molar-refractivity contribution in [2.75, 3.05) is 11.9 Å². The van der Waals surface area contributed by atoms with Gasteiger partial charge in [0.05, 0.1) is 12.6 Å². The molecule has 0 bridgehead atoms. The van der Waals surface area contributed by atoms with Crippen LogP contribution in [0.4, 0.5) is 5.69 Å². The predicted octanol–water partition coefficient (Wildman–Crippen LogP) is 2.36. The zero-order valence-electron chi connectivity index (χ0n) is 13.4. The van der Waals surface area contributed by atoms with E-state index < -0.39 is 0 Å². The minimum Gasteiger partial charge on any atom is -0.508 e. The molecule has 1 amide bonds. The molecule has 1 aliphatic heterocycles. The molecule has 3 rings (SSSR count). The number of hydrogen-bond donors (Lipinski definition) is 3. The molecule has 0 aliphatic carbocycles. The number of likely N-dealkylation sites (tertiary alicyclic amines) is 1. The van der Waals surface area contributed by atoms with Gasteiger partial charge < -0.3 is 15.5 Å². The van der Waals surface area contributed by atoms with E-state index in [1.54, 1.807) is 18.2 Å². The summed E-state index contributed by atoms with van der Waals surface area (Å²) in [6.45, 7) is 0.674. The molecular formula is C19H22N2O3. The maximum atomic E-state index is 12.7. The van der Waals surface area contributed by atoms with Crippen molar-refractivity contribution in [1.82, 2.24) is 4.90 Å². The number of rotatable bonds is 5. The number of amides is 1. The third-order valence-electron chi connectivity index (χ3n) is 4.48. The summed E-state index contributed by atoms with van der Waals surface area (Å²) in [5.41, 5.74) is 1.69. The summed E-state index contributed by atoms with van der Waals surface area (Å²) in [6.07, 6.45) is 1.50. The second kappa shape index (κ2) is 7.47. The van der Waals surface area contributed by atoms with Crippen LogP contribution >= 0.6 is 0 Å². The van der Waals surface area contributed by atoms with Crippen molar-refractivity contribution < 1.29 is 15.0 Å². The lowest BCUT2D eigenvalue weighted by Gasteiger charge is -2.28. The Hall–Kier alpha value is -2.37. The van der Waals surface area contributed by atoms with Gasteiger partial charge in [0.25, 0.3) is 0 Å². The number of aliphatic hydroxyl groups excluding tert-OH is 1. The number of nitrogens with zero attached hydrogens (tertiary/aromatic N) is 1. The number of nitrogens with one attached hydrogen (secondary N) is 1. The van der Waals surface area contributed by atoms with Crippen LogP contribution in [0.3, 0.4) is 0 Å². The van der Waals surface area contributed by atoms with Gasteiger partial charge in [-0.15, -0.1) is 0 Å². The molecule has 2 atom stereocenters. The molecule has 2 aromatic rings. The summed E-state index contributed by atoms with van der Waals surface area (Å²) in [6, 6.07) is 16.2. The van der Waals surface area contributed by atoms with Gasteiger partial charge in [-0.2, -0.15) is 0 Å². The first-order valence-electron chi connectivity index (χ1n) is 8.18. The summed E-state index contributed by atoms with van der Waals surface area (Å²) < 4.78 is 0. The van der Waals surface area contributed by atoms with Gasteiger partial charge >= 0.3 is 0 Å². The minimum absolute atomic E-state index is 0.00914. The first-order chi connectivity index (χ1) is 11.7. The lowest BCUT2D eigenvalue weighted by Crippen LogP contribution is -2.44. The van der Waals surface area contributed by atoms with Gasteiger partial charge in [-0.05, 0) is 30.5 Å². The predicted molar refractivity (Wildman–Crippen MR) is 92.6 cm³/mol. The first-order valence-corrected chi connectivity index (χ1v) is 8.18. The van der Waals surface area contributed by atoms with E-state index in [1.807, 2.05) is 30.3 Å². The summed E-state index contributed by atoms with van der Waals surface area (Å²) >= 11 is 0. The van der Waals surface area contributed by atoms with Crippen LogP contribution in [0, 0.1) is 0 Å². The van der Waals surface area contributed by atoms with Crippen LogP contribution in [-0.4, -0.2) is 39.7 Å². The van der Waals surface area contributed by atoms with Gasteiger partial charge in [-0.25, -0.2) is 0 Å². The number of phenols is 1. The maximum absolute atomic E-state index is 12.7. The van der Waals surface area contributed by atoms with Crippen molar-refractivity contribution in [3.8, 4) is 5.75 Å². The first kappa shape index (κ1) is 16.5. The number of anilines is 1. The molecule has 1 saturated heterocycles. The average molecular weight is 326 g/mol. The van der Waals surface area contributed by atoms with E-state index in [0.29, 0.717) is 18.7 Å². The third kappa shape index (κ3) is 3.75. The summed E-state index contributed by atoms with van der Waals surface area (Å²) in [5, 5.41) is 22.0. The highest BCUT2D eigenvalue weighted by atomic mass is 16.3. The topological polar surface area (TPSA) is 72.8 Å². The fourth-order valence-corrected chi connectivity index (χ4v) is 3.26. The highest BCUT2D eigenvalue weighted by Crippen LogP contribution is 2.27. The van der Waals surface area contributed by atoms with Crippen LogP contribution in [0.5, 0.6) is 5.75 Å². The zero-order chi connectivity index (χ0) is 16.9. The standard InChI is InChI=1S/C19H22N2O3/c22-13-16-9-10-18(21(16)12-14-5-2-1-3-6-14)19(24)20-15-7-4-8-17(23)11-15/h1-8,11,16,18,22-23H,9-10,12-13H2,(H,20,24)/t16-,18+/m1/s1. The molecule has 5 nitrogen and oxygen atoms in total. The Kier molecular flexibility index (Phi) is 5.13. The Morgan fingerprint density at radius 1 is 1.12 bits per heavy atom. The number of aromatic hydroxyl groups is 1. The summed E-state index contributed by atoms with van der Waals surface area (Å²) in [7, 11) is 0. The number of aliphatic hydroxyl groups is 1. The molecule has 0 unspecified atom stereocenters. The van der Waals surface area contributed by atoms with E-state index in [1.165, 1.54) is 6.07 Å². The minimum atomic E-state index is -0.287. The molecule has 0 saturated carbocycles. The van der Waals surface area contributed by atoms with Crippen molar-refractivity contribution >= 4 is 11.6 Å². The molecule has 0 radical (unpaired) electrons. The van der Waals surface area contributed by atoms with Crippen LogP contribution < -0.4 is 5.32 Å². The van der Waals surface area contributed by atoms with Gasteiger partial charge in [-0.1, -0.05) is 36.4 Å². The smallest absolute Gasteiger partial charge is 0.241 e. The fourth-order valence-electron chi connectivity index (χ4n) is 3.26. The normalized spacial score (nSPS) is 20.9. The second-order valence-corrected chi connectivity index (χ2v) is 6.13. The average Bonchev–Trinajstić information content (AvgIpc) is 2.98. The fraction of sp³-hybridized carbons (Fsp3) is 0.316. The number of phenolic OH excluding ortho intramolecular Hbond substituents is 1. The molecule has 1 aliphatic rings. The van der Waals surface area contributed by atoms with Gasteiger partial charge in [0.1, 0.15) is 5.75 Å². The molecule has 126 valence electrons. The molecule has 1 heterocycles. The van der Waals surface area contributed by atoms with E-state index in [0.717, 1.165) is 12.0 Å². The van der Waals surface area contributed by atoms with E-state index in [2.05, 4.69) is 10.2 Å². The molecule has 3 N–H and O–H groups in total. The van der Waals surface area contributed by atoms with Crippen molar-refractivity contribution in [2.45, 2.75) is 31.5 Å². The van der Waals surface area contributed by atoms with Crippen molar-refractivity contribution in [1.29, 1.82) is 0 Å². The van der Waals surface area contributed by atoms with Crippen molar-refractivity contribution in [3.63, 3.8) is 0 Å². The highest BCUT2D eigenvalue weighted by molar-refractivity contribution is 5.95. The lowest BCUT2D eigenvalue weighted by molar-refractivity contribution is -0.121. The molecule has 24 heavy (non-hydrogen) atoms. The zero-order valence-corrected chi connectivity index (χ0v) is 13.4. The lowest BCUT2D eigenvalue weighted by atomic mass is 10.1. The van der Waals surface area contributed by atoms with Gasteiger partial charge in [-0.3, -0.25) is 9.69 Å². The van der Waals surface area contributed by atoms with Crippen LogP contribution in [-0.2, 0) is 11.3 Å². The van der Waals surface area contributed by atoms with Crippen LogP contribution in [0.25, 0.3) is 0 Å². The van der Waals surface area contributed by atoms with Crippen LogP contribution in [0.2, 0.25) is 0 Å². The van der Waals surface area contributed by atoms with Crippen molar-refractivity contribution in [2.24, 2.45) is 0 Å². The Balaban J connectivity index is 1.73. The van der Waals surface area contributed by atoms with E-state index in [4.69, 9.17) is 0 Å². The van der Waals surface area contributed by atoms with E-state index in [9.17, 15) is 15.0 Å². The molecule has 1 fully saturated rings. The Labute approximate surface area is 141 Å². The Morgan fingerprint density at radius 2 is 1.92 bits per heavy atom. The molecule has 2 aromatic carbocycles. The van der Waals surface area contributed by atoms with E-state index in [-0.39, 0.29) is 30.3 Å². The second-order valence-electron chi connectivity index (χ2n) is 6.13. The largest absolute Gasteiger partial charge is 0.508 e. The summed E-state index contributed by atoms with van der Waals surface area (Å²) in [5.74, 6) is 0.0149. The van der Waals surface area contributed by atoms with Gasteiger partial charge in [0.15, 0.2) is 0 Å². The molecule has 0 aromatic heterocycles. The van der Waals surface area contributed by atoms with Crippen molar-refractivity contribution in [3.05, 3.63) is 60.2 Å². The van der Waals surface area contributed by atoms with Gasteiger partial charge in [0, 0.05) is 24.3 Å². The Morgan fingerprint density at radius 3 is 2.62 bits per heavy atom. The van der Waals surface area contributed by atoms with Crippen LogP contribution in [0.1, 0.15) is 18.4 Å². The molecule has 5 heteroatoms. The molecule has 0 spiro atoms. The quantitative estimate of drug-likeness (QED) is 0.789. The summed E-state index contributed by atoms with van der Waals surface area (Å²) in [4.78, 5) is 14.7. The van der Waals surface area contributed by atoms with Gasteiger partial charge in [0.2, 0.25) is 5.91 Å². The third-order valence-corrected chi connectivity index (χ3v) is 4.48.